The lowest BCUT2D eigenvalue weighted by molar-refractivity contribution is -0.141. The molecule has 0 aliphatic carbocycles. The fraction of sp³-hybridized carbons (Fsp3) is 0.533. The zero-order valence-electron chi connectivity index (χ0n) is 21.4. The first kappa shape index (κ1) is 27.2. The lowest BCUT2D eigenvalue weighted by atomic mass is 9.93. The summed E-state index contributed by atoms with van der Waals surface area (Å²) < 4.78 is 0. The SMILES string of the molecule is C=CCN(CC(=O)N1CCc2sccc2C1c1ccccc1)C(=O)CCCCCCCCCCC. The van der Waals surface area contributed by atoms with Crippen LogP contribution in [0.5, 0.6) is 0 Å². The fourth-order valence-corrected chi connectivity index (χ4v) is 5.89. The maximum atomic E-state index is 13.5. The number of nitrogens with zero attached hydrogens (tertiary/aromatic N) is 2. The van der Waals surface area contributed by atoms with Crippen LogP contribution >= 0.6 is 11.3 Å². The van der Waals surface area contributed by atoms with E-state index < -0.39 is 0 Å². The largest absolute Gasteiger partial charge is 0.330 e. The highest BCUT2D eigenvalue weighted by Gasteiger charge is 2.33. The van der Waals surface area contributed by atoms with E-state index >= 15 is 0 Å². The number of carbonyl (C=O) groups excluding carboxylic acids is 2. The van der Waals surface area contributed by atoms with Gasteiger partial charge in [-0.2, -0.15) is 0 Å². The number of unbranched alkanes of at least 4 members (excludes halogenated alkanes) is 8. The maximum Gasteiger partial charge on any atom is 0.243 e. The minimum atomic E-state index is -0.0864. The molecule has 4 nitrogen and oxygen atoms in total. The number of hydrogen-bond acceptors (Lipinski definition) is 3. The van der Waals surface area contributed by atoms with E-state index in [9.17, 15) is 9.59 Å². The molecule has 1 aliphatic heterocycles. The van der Waals surface area contributed by atoms with Crippen LogP contribution in [-0.2, 0) is 16.0 Å². The third kappa shape index (κ3) is 8.06. The van der Waals surface area contributed by atoms with Crippen LogP contribution in [0, 0.1) is 0 Å². The third-order valence-corrected chi connectivity index (χ3v) is 7.92. The lowest BCUT2D eigenvalue weighted by Gasteiger charge is -2.37. The molecule has 1 unspecified atom stereocenters. The van der Waals surface area contributed by atoms with Crippen molar-refractivity contribution in [2.24, 2.45) is 0 Å². The van der Waals surface area contributed by atoms with Gasteiger partial charge in [-0.25, -0.2) is 0 Å². The van der Waals surface area contributed by atoms with Crippen LogP contribution in [0.3, 0.4) is 0 Å². The minimum absolute atomic E-state index is 0.0120. The number of amides is 2. The van der Waals surface area contributed by atoms with Crippen molar-refractivity contribution in [2.45, 2.75) is 83.6 Å². The number of carbonyl (C=O) groups is 2. The molecular formula is C30H42N2O2S. The number of benzene rings is 1. The lowest BCUT2D eigenvalue weighted by Crippen LogP contribution is -2.46. The summed E-state index contributed by atoms with van der Waals surface area (Å²) in [5.41, 5.74) is 2.34. The number of rotatable bonds is 15. The quantitative estimate of drug-likeness (QED) is 0.195. The van der Waals surface area contributed by atoms with Crippen LogP contribution < -0.4 is 0 Å². The highest BCUT2D eigenvalue weighted by Crippen LogP contribution is 2.37. The van der Waals surface area contributed by atoms with Gasteiger partial charge in [0.05, 0.1) is 6.04 Å². The van der Waals surface area contributed by atoms with E-state index in [0.29, 0.717) is 19.5 Å². The van der Waals surface area contributed by atoms with Crippen molar-refractivity contribution in [3.63, 3.8) is 0 Å². The number of hydrogen-bond donors (Lipinski definition) is 0. The molecule has 1 aromatic heterocycles. The summed E-state index contributed by atoms with van der Waals surface area (Å²) in [4.78, 5) is 31.5. The zero-order chi connectivity index (χ0) is 24.9. The standard InChI is InChI=1S/C30H42N2O2S/c1-3-5-6-7-8-9-10-11-15-18-28(33)31(21-4-2)24-29(34)32-22-19-27-26(20-23-35-27)30(32)25-16-13-12-14-17-25/h4,12-14,16-17,20,23,30H,2-3,5-11,15,18-19,21-22,24H2,1H3. The summed E-state index contributed by atoms with van der Waals surface area (Å²) in [7, 11) is 0. The molecule has 0 radical (unpaired) electrons. The Kier molecular flexibility index (Phi) is 11.6. The Bertz CT molecular complexity index is 923. The molecule has 2 heterocycles. The molecule has 0 saturated heterocycles. The first-order valence-electron chi connectivity index (χ1n) is 13.4. The van der Waals surface area contributed by atoms with Crippen LogP contribution in [0.15, 0.2) is 54.4 Å². The van der Waals surface area contributed by atoms with Crippen LogP contribution in [0.2, 0.25) is 0 Å². The molecule has 1 aliphatic rings. The van der Waals surface area contributed by atoms with E-state index in [4.69, 9.17) is 0 Å². The highest BCUT2D eigenvalue weighted by molar-refractivity contribution is 7.10. The molecule has 0 N–H and O–H groups in total. The van der Waals surface area contributed by atoms with E-state index in [1.54, 1.807) is 22.3 Å². The summed E-state index contributed by atoms with van der Waals surface area (Å²) in [5.74, 6) is 0.0728. The summed E-state index contributed by atoms with van der Waals surface area (Å²) in [6.45, 7) is 7.28. The molecule has 5 heteroatoms. The third-order valence-electron chi connectivity index (χ3n) is 6.92. The van der Waals surface area contributed by atoms with Crippen molar-refractivity contribution < 1.29 is 9.59 Å². The molecule has 0 bridgehead atoms. The normalized spacial score (nSPS) is 15.0. The second-order valence-electron chi connectivity index (χ2n) is 9.59. The van der Waals surface area contributed by atoms with Gasteiger partial charge in [0, 0.05) is 24.4 Å². The van der Waals surface area contributed by atoms with Crippen LogP contribution in [-0.4, -0.2) is 41.2 Å². The Balaban J connectivity index is 1.54. The first-order valence-corrected chi connectivity index (χ1v) is 14.3. The molecule has 1 aromatic carbocycles. The molecule has 2 aromatic rings. The second-order valence-corrected chi connectivity index (χ2v) is 10.6. The molecule has 0 fully saturated rings. The van der Waals surface area contributed by atoms with E-state index in [1.165, 1.54) is 55.4 Å². The van der Waals surface area contributed by atoms with E-state index in [2.05, 4.69) is 37.1 Å². The summed E-state index contributed by atoms with van der Waals surface area (Å²) in [6, 6.07) is 12.3. The summed E-state index contributed by atoms with van der Waals surface area (Å²) in [6.07, 6.45) is 14.1. The van der Waals surface area contributed by atoms with Gasteiger partial charge >= 0.3 is 0 Å². The van der Waals surface area contributed by atoms with Crippen LogP contribution in [0.25, 0.3) is 0 Å². The Hall–Kier alpha value is -2.40. The number of thiophene rings is 1. The van der Waals surface area contributed by atoms with Gasteiger partial charge in [-0.05, 0) is 35.4 Å². The van der Waals surface area contributed by atoms with E-state index in [1.807, 2.05) is 23.1 Å². The van der Waals surface area contributed by atoms with Crippen LogP contribution in [0.1, 0.15) is 93.2 Å². The van der Waals surface area contributed by atoms with Gasteiger partial charge in [0.2, 0.25) is 11.8 Å². The molecular weight excluding hydrogens is 452 g/mol. The maximum absolute atomic E-state index is 13.5. The predicted molar refractivity (Wildman–Crippen MR) is 147 cm³/mol. The van der Waals surface area contributed by atoms with E-state index in [-0.39, 0.29) is 24.4 Å². The molecule has 1 atom stereocenters. The van der Waals surface area contributed by atoms with Gasteiger partial charge < -0.3 is 9.80 Å². The predicted octanol–water partition coefficient (Wildman–Crippen LogP) is 7.16. The van der Waals surface area contributed by atoms with Gasteiger partial charge in [-0.3, -0.25) is 9.59 Å². The Morgan fingerprint density at radius 3 is 2.40 bits per heavy atom. The topological polar surface area (TPSA) is 40.6 Å². The molecule has 2 amide bonds. The van der Waals surface area contributed by atoms with Crippen molar-refractivity contribution in [3.05, 3.63) is 70.4 Å². The van der Waals surface area contributed by atoms with Gasteiger partial charge in [0.1, 0.15) is 6.54 Å². The van der Waals surface area contributed by atoms with Gasteiger partial charge in [-0.1, -0.05) is 94.7 Å². The van der Waals surface area contributed by atoms with Gasteiger partial charge in [0.25, 0.3) is 0 Å². The van der Waals surface area contributed by atoms with Crippen molar-refractivity contribution in [2.75, 3.05) is 19.6 Å². The Morgan fingerprint density at radius 2 is 1.71 bits per heavy atom. The molecule has 3 rings (SSSR count). The monoisotopic (exact) mass is 494 g/mol. The van der Waals surface area contributed by atoms with Crippen molar-refractivity contribution in [1.29, 1.82) is 0 Å². The molecule has 190 valence electrons. The number of fused-ring (bicyclic) bond motifs is 1. The fourth-order valence-electron chi connectivity index (χ4n) is 4.99. The van der Waals surface area contributed by atoms with Crippen molar-refractivity contribution >= 4 is 23.2 Å². The minimum Gasteiger partial charge on any atom is -0.330 e. The zero-order valence-corrected chi connectivity index (χ0v) is 22.2. The molecule has 0 saturated carbocycles. The second kappa shape index (κ2) is 14.9. The van der Waals surface area contributed by atoms with Crippen molar-refractivity contribution in [1.82, 2.24) is 9.80 Å². The van der Waals surface area contributed by atoms with Gasteiger partial charge in [0.15, 0.2) is 0 Å². The van der Waals surface area contributed by atoms with E-state index in [0.717, 1.165) is 24.8 Å². The van der Waals surface area contributed by atoms with Crippen LogP contribution in [0.4, 0.5) is 0 Å². The highest BCUT2D eigenvalue weighted by atomic mass is 32.1. The summed E-state index contributed by atoms with van der Waals surface area (Å²) >= 11 is 1.77. The smallest absolute Gasteiger partial charge is 0.243 e. The molecule has 0 spiro atoms. The van der Waals surface area contributed by atoms with Gasteiger partial charge in [-0.15, -0.1) is 17.9 Å². The average molecular weight is 495 g/mol. The first-order chi connectivity index (χ1) is 17.2. The van der Waals surface area contributed by atoms with Crippen molar-refractivity contribution in [3.8, 4) is 0 Å². The average Bonchev–Trinajstić information content (AvgIpc) is 3.36. The molecule has 35 heavy (non-hydrogen) atoms. The Labute approximate surface area is 216 Å². The summed E-state index contributed by atoms with van der Waals surface area (Å²) in [5, 5.41) is 2.12. The Morgan fingerprint density at radius 1 is 1.03 bits per heavy atom.